The van der Waals surface area contributed by atoms with E-state index in [1.54, 1.807) is 40.3 Å². The summed E-state index contributed by atoms with van der Waals surface area (Å²) in [6.45, 7) is 1.47. The van der Waals surface area contributed by atoms with Crippen LogP contribution in [0.4, 0.5) is 0 Å². The maximum atomic E-state index is 11.5. The van der Waals surface area contributed by atoms with Crippen LogP contribution in [0.2, 0.25) is 0 Å². The smallest absolute Gasteiger partial charge is 0.327 e. The first-order valence-corrected chi connectivity index (χ1v) is 10.9. The molecule has 130 valence electrons. The molecule has 0 aromatic carbocycles. The molecule has 0 aromatic heterocycles. The summed E-state index contributed by atoms with van der Waals surface area (Å²) in [5, 5.41) is 2.52. The first kappa shape index (κ1) is 21.9. The number of methoxy groups -OCH3 is 1. The summed E-state index contributed by atoms with van der Waals surface area (Å²) in [5.74, 6) is 1.97. The lowest BCUT2D eigenvalue weighted by Gasteiger charge is -2.11. The van der Waals surface area contributed by atoms with Crippen molar-refractivity contribution in [2.24, 2.45) is 5.73 Å². The number of nitrogens with two attached hydrogens (primary N) is 1. The summed E-state index contributed by atoms with van der Waals surface area (Å²) in [6.07, 6.45) is 2.84. The number of rotatable bonds is 13. The molecule has 1 unspecified atom stereocenters. The van der Waals surface area contributed by atoms with Crippen molar-refractivity contribution in [1.82, 2.24) is 5.32 Å². The van der Waals surface area contributed by atoms with E-state index in [4.69, 9.17) is 15.2 Å². The van der Waals surface area contributed by atoms with E-state index in [1.807, 2.05) is 0 Å². The zero-order chi connectivity index (χ0) is 16.8. The van der Waals surface area contributed by atoms with Crippen molar-refractivity contribution in [3.05, 3.63) is 0 Å². The van der Waals surface area contributed by atoms with E-state index in [1.165, 1.54) is 7.11 Å². The van der Waals surface area contributed by atoms with Gasteiger partial charge in [0.2, 0.25) is 5.91 Å². The molecule has 0 radical (unpaired) electrons. The molecule has 2 atom stereocenters. The maximum absolute atomic E-state index is 11.5. The summed E-state index contributed by atoms with van der Waals surface area (Å²) in [5.41, 5.74) is 5.95. The van der Waals surface area contributed by atoms with Crippen LogP contribution in [0.25, 0.3) is 0 Å². The Hall–Kier alpha value is -0.0900. The van der Waals surface area contributed by atoms with Crippen LogP contribution in [0.1, 0.15) is 19.8 Å². The van der Waals surface area contributed by atoms with Gasteiger partial charge in [0.1, 0.15) is 6.54 Å². The van der Waals surface area contributed by atoms with Gasteiger partial charge in [-0.15, -0.1) is 0 Å². The van der Waals surface area contributed by atoms with Crippen molar-refractivity contribution in [2.75, 3.05) is 37.2 Å². The highest BCUT2D eigenvalue weighted by atomic mass is 33.1. The minimum Gasteiger partial charge on any atom is -0.435 e. The summed E-state index contributed by atoms with van der Waals surface area (Å²) in [6, 6.07) is 0.205. The predicted molar refractivity (Wildman–Crippen MR) is 96.1 cm³/mol. The van der Waals surface area contributed by atoms with Crippen molar-refractivity contribution in [3.63, 3.8) is 0 Å². The maximum Gasteiger partial charge on any atom is 0.327 e. The quantitative estimate of drug-likeness (QED) is 0.218. The summed E-state index contributed by atoms with van der Waals surface area (Å²) < 4.78 is 9.64. The predicted octanol–water partition coefficient (Wildman–Crippen LogP) is 1.49. The molecule has 6 nitrogen and oxygen atoms in total. The van der Waals surface area contributed by atoms with Crippen molar-refractivity contribution < 1.29 is 19.1 Å². The van der Waals surface area contributed by atoms with Crippen LogP contribution in [0.5, 0.6) is 0 Å². The Morgan fingerprint density at radius 1 is 1.27 bits per heavy atom. The number of carbonyl (C=O) groups excluding carboxylic acids is 2. The fraction of sp³-hybridized carbons (Fsp3) is 0.846. The van der Waals surface area contributed by atoms with E-state index in [0.29, 0.717) is 12.2 Å². The van der Waals surface area contributed by atoms with Crippen molar-refractivity contribution in [2.45, 2.75) is 32.1 Å². The first-order valence-electron chi connectivity index (χ1n) is 6.97. The van der Waals surface area contributed by atoms with Crippen LogP contribution in [-0.2, 0) is 19.1 Å². The highest BCUT2D eigenvalue weighted by molar-refractivity contribution is 8.76. The Balaban J connectivity index is 3.52. The number of thioether (sulfide) groups is 1. The molecule has 1 amide bonds. The van der Waals surface area contributed by atoms with Crippen molar-refractivity contribution in [3.8, 4) is 0 Å². The Kier molecular flexibility index (Phi) is 14.4. The summed E-state index contributed by atoms with van der Waals surface area (Å²) in [4.78, 5) is 22.9. The lowest BCUT2D eigenvalue weighted by Crippen LogP contribution is -2.32. The van der Waals surface area contributed by atoms with Gasteiger partial charge in [-0.1, -0.05) is 21.6 Å². The van der Waals surface area contributed by atoms with Gasteiger partial charge in [-0.2, -0.15) is 11.8 Å². The third-order valence-corrected chi connectivity index (χ3v) is 5.68. The molecular weight excluding hydrogens is 344 g/mol. The van der Waals surface area contributed by atoms with Crippen LogP contribution in [0, 0.1) is 0 Å². The lowest BCUT2D eigenvalue weighted by molar-refractivity contribution is -0.169. The van der Waals surface area contributed by atoms with Gasteiger partial charge in [0.15, 0.2) is 6.29 Å². The number of carbonyl (C=O) groups is 2. The molecule has 22 heavy (non-hydrogen) atoms. The molecule has 0 aliphatic heterocycles. The molecule has 0 aliphatic rings. The molecule has 0 saturated heterocycles. The standard InChI is InChI=1S/C13H26N2O4S3/c1-10(18-2)19-13(17)8-15-12(16)5-7-21-22-9-11(14)4-6-20-3/h10-11H,4-9,14H2,1-3H3,(H,15,16)/t10?,11-/m0/s1. The minimum absolute atomic E-state index is 0.135. The molecule has 0 saturated carbocycles. The average molecular weight is 371 g/mol. The second-order valence-corrected chi connectivity index (χ2v) is 8.08. The number of hydrogen-bond donors (Lipinski definition) is 2. The van der Waals surface area contributed by atoms with E-state index < -0.39 is 12.3 Å². The van der Waals surface area contributed by atoms with Gasteiger partial charge < -0.3 is 20.5 Å². The highest BCUT2D eigenvalue weighted by Gasteiger charge is 2.10. The van der Waals surface area contributed by atoms with Gasteiger partial charge in [0, 0.05) is 31.1 Å². The third kappa shape index (κ3) is 13.6. The molecular formula is C13H26N2O4S3. The fourth-order valence-electron chi connectivity index (χ4n) is 1.22. The number of amides is 1. The van der Waals surface area contributed by atoms with Crippen LogP contribution < -0.4 is 11.1 Å². The molecule has 0 aromatic rings. The molecule has 0 rings (SSSR count). The van der Waals surface area contributed by atoms with Crippen LogP contribution in [0.3, 0.4) is 0 Å². The van der Waals surface area contributed by atoms with E-state index >= 15 is 0 Å². The van der Waals surface area contributed by atoms with Crippen molar-refractivity contribution >= 4 is 45.2 Å². The average Bonchev–Trinajstić information content (AvgIpc) is 2.50. The van der Waals surface area contributed by atoms with Crippen LogP contribution in [-0.4, -0.2) is 61.4 Å². The second-order valence-electron chi connectivity index (χ2n) is 4.47. The molecule has 0 fully saturated rings. The number of nitrogens with one attached hydrogen (secondary N) is 1. The zero-order valence-corrected chi connectivity index (χ0v) is 15.8. The van der Waals surface area contributed by atoms with Gasteiger partial charge in [-0.3, -0.25) is 9.59 Å². The Morgan fingerprint density at radius 3 is 2.64 bits per heavy atom. The third-order valence-electron chi connectivity index (χ3n) is 2.53. The van der Waals surface area contributed by atoms with E-state index in [2.05, 4.69) is 11.6 Å². The molecule has 9 heteroatoms. The van der Waals surface area contributed by atoms with E-state index in [9.17, 15) is 9.59 Å². The number of esters is 1. The Labute approximate surface area is 144 Å². The van der Waals surface area contributed by atoms with Gasteiger partial charge in [0.25, 0.3) is 0 Å². The summed E-state index contributed by atoms with van der Waals surface area (Å²) >= 11 is 1.80. The molecule has 0 bridgehead atoms. The normalized spacial score (nSPS) is 13.5. The van der Waals surface area contributed by atoms with Crippen LogP contribution in [0.15, 0.2) is 0 Å². The van der Waals surface area contributed by atoms with Gasteiger partial charge >= 0.3 is 5.97 Å². The zero-order valence-electron chi connectivity index (χ0n) is 13.3. The van der Waals surface area contributed by atoms with E-state index in [-0.39, 0.29) is 18.5 Å². The lowest BCUT2D eigenvalue weighted by atomic mass is 10.3. The molecule has 0 spiro atoms. The van der Waals surface area contributed by atoms with E-state index in [0.717, 1.165) is 17.9 Å². The fourth-order valence-corrected chi connectivity index (χ4v) is 3.99. The largest absolute Gasteiger partial charge is 0.435 e. The summed E-state index contributed by atoms with van der Waals surface area (Å²) in [7, 11) is 4.75. The number of hydrogen-bond acceptors (Lipinski definition) is 8. The number of ether oxygens (including phenoxy) is 2. The Morgan fingerprint density at radius 2 is 2.00 bits per heavy atom. The van der Waals surface area contributed by atoms with Gasteiger partial charge in [0.05, 0.1) is 0 Å². The molecule has 0 aliphatic carbocycles. The molecule has 0 heterocycles. The highest BCUT2D eigenvalue weighted by Crippen LogP contribution is 2.23. The van der Waals surface area contributed by atoms with Crippen LogP contribution >= 0.6 is 33.3 Å². The topological polar surface area (TPSA) is 90.6 Å². The van der Waals surface area contributed by atoms with Crippen molar-refractivity contribution in [1.29, 1.82) is 0 Å². The monoisotopic (exact) mass is 370 g/mol. The first-order chi connectivity index (χ1) is 10.5. The minimum atomic E-state index is -0.605. The Bertz CT molecular complexity index is 322. The second kappa shape index (κ2) is 14.5. The SMILES string of the molecule is COC(C)OC(=O)CNC(=O)CCSSC[C@@H](N)CCSC. The van der Waals surface area contributed by atoms with Gasteiger partial charge in [-0.25, -0.2) is 0 Å². The van der Waals surface area contributed by atoms with Gasteiger partial charge in [-0.05, 0) is 25.4 Å². The molecule has 3 N–H and O–H groups in total.